The minimum Gasteiger partial charge on any atom is -0.496 e. The lowest BCUT2D eigenvalue weighted by Crippen LogP contribution is -2.39. The van der Waals surface area contributed by atoms with Gasteiger partial charge in [0.1, 0.15) is 22.9 Å². The van der Waals surface area contributed by atoms with Crippen molar-refractivity contribution < 1.29 is 14.3 Å². The highest BCUT2D eigenvalue weighted by Crippen LogP contribution is 2.30. The van der Waals surface area contributed by atoms with Crippen molar-refractivity contribution in [2.24, 2.45) is 0 Å². The number of hydrogen-bond acceptors (Lipinski definition) is 5. The molecule has 1 aliphatic heterocycles. The molecule has 2 aromatic rings. The number of ether oxygens (including phenoxy) is 2. The minimum atomic E-state index is -0.124. The van der Waals surface area contributed by atoms with Crippen LogP contribution in [0.2, 0.25) is 0 Å². The number of amides is 1. The summed E-state index contributed by atoms with van der Waals surface area (Å²) in [4.78, 5) is 14.6. The number of aromatic nitrogens is 3. The second-order valence-corrected chi connectivity index (χ2v) is 5.08. The Morgan fingerprint density at radius 2 is 1.82 bits per heavy atom. The number of carbonyl (C=O) groups is 1. The van der Waals surface area contributed by atoms with E-state index in [4.69, 9.17) is 9.47 Å². The Kier molecular flexibility index (Phi) is 3.70. The van der Waals surface area contributed by atoms with Gasteiger partial charge in [0.25, 0.3) is 5.91 Å². The zero-order chi connectivity index (χ0) is 15.7. The summed E-state index contributed by atoms with van der Waals surface area (Å²) in [6.07, 6.45) is 0. The monoisotopic (exact) mass is 302 g/mol. The molecular formula is C15H18N4O3. The van der Waals surface area contributed by atoms with Gasteiger partial charge in [0, 0.05) is 13.1 Å². The van der Waals surface area contributed by atoms with E-state index in [1.165, 1.54) is 0 Å². The molecule has 3 rings (SSSR count). The number of hydrogen-bond donors (Lipinski definition) is 0. The standard InChI is InChI=1S/C15H18N4O3/c1-10-16-17-13-9-18(7-8-19(10)13)15(20)14-11(21-2)5-4-6-12(14)22-3/h4-6H,7-9H2,1-3H3. The van der Waals surface area contributed by atoms with Crippen molar-refractivity contribution in [3.8, 4) is 11.5 Å². The largest absolute Gasteiger partial charge is 0.496 e. The molecular weight excluding hydrogens is 284 g/mol. The Morgan fingerprint density at radius 3 is 2.45 bits per heavy atom. The van der Waals surface area contributed by atoms with Crippen LogP contribution in [0.4, 0.5) is 0 Å². The maximum Gasteiger partial charge on any atom is 0.261 e. The third kappa shape index (κ3) is 2.28. The Hall–Kier alpha value is -2.57. The second kappa shape index (κ2) is 5.67. The topological polar surface area (TPSA) is 69.5 Å². The number of fused-ring (bicyclic) bond motifs is 1. The van der Waals surface area contributed by atoms with E-state index in [1.807, 2.05) is 11.5 Å². The van der Waals surface area contributed by atoms with E-state index >= 15 is 0 Å². The van der Waals surface area contributed by atoms with E-state index in [1.54, 1.807) is 37.3 Å². The van der Waals surface area contributed by atoms with Crippen molar-refractivity contribution >= 4 is 5.91 Å². The van der Waals surface area contributed by atoms with Gasteiger partial charge in [-0.3, -0.25) is 4.79 Å². The molecule has 1 aliphatic rings. The summed E-state index contributed by atoms with van der Waals surface area (Å²) in [7, 11) is 3.09. The molecule has 0 spiro atoms. The van der Waals surface area contributed by atoms with Gasteiger partial charge in [0.05, 0.1) is 20.8 Å². The van der Waals surface area contributed by atoms with Crippen molar-refractivity contribution in [3.05, 3.63) is 35.4 Å². The summed E-state index contributed by atoms with van der Waals surface area (Å²) in [6.45, 7) is 3.64. The van der Waals surface area contributed by atoms with Crippen molar-refractivity contribution in [1.29, 1.82) is 0 Å². The van der Waals surface area contributed by atoms with Crippen LogP contribution in [0.15, 0.2) is 18.2 Å². The van der Waals surface area contributed by atoms with Crippen LogP contribution in [0.1, 0.15) is 22.0 Å². The Labute approximate surface area is 128 Å². The van der Waals surface area contributed by atoms with Crippen LogP contribution in [0.3, 0.4) is 0 Å². The third-order valence-corrected chi connectivity index (χ3v) is 3.87. The van der Waals surface area contributed by atoms with Gasteiger partial charge in [-0.1, -0.05) is 6.07 Å². The predicted molar refractivity (Wildman–Crippen MR) is 79.0 cm³/mol. The van der Waals surface area contributed by atoms with Gasteiger partial charge in [-0.15, -0.1) is 10.2 Å². The van der Waals surface area contributed by atoms with Crippen molar-refractivity contribution in [2.45, 2.75) is 20.0 Å². The summed E-state index contributed by atoms with van der Waals surface area (Å²) in [5.74, 6) is 2.56. The number of nitrogens with zero attached hydrogens (tertiary/aromatic N) is 4. The molecule has 1 amide bonds. The predicted octanol–water partition coefficient (Wildman–Crippen LogP) is 1.26. The van der Waals surface area contributed by atoms with E-state index in [-0.39, 0.29) is 5.91 Å². The fraction of sp³-hybridized carbons (Fsp3) is 0.400. The van der Waals surface area contributed by atoms with E-state index in [0.717, 1.165) is 11.6 Å². The smallest absolute Gasteiger partial charge is 0.261 e. The van der Waals surface area contributed by atoms with E-state index < -0.39 is 0 Å². The average molecular weight is 302 g/mol. The van der Waals surface area contributed by atoms with Gasteiger partial charge in [0.15, 0.2) is 5.82 Å². The van der Waals surface area contributed by atoms with E-state index in [2.05, 4.69) is 10.2 Å². The zero-order valence-electron chi connectivity index (χ0n) is 12.9. The van der Waals surface area contributed by atoms with Crippen LogP contribution < -0.4 is 9.47 Å². The van der Waals surface area contributed by atoms with Crippen LogP contribution in [-0.2, 0) is 13.1 Å². The lowest BCUT2D eigenvalue weighted by atomic mass is 10.1. The molecule has 0 radical (unpaired) electrons. The van der Waals surface area contributed by atoms with Crippen molar-refractivity contribution in [2.75, 3.05) is 20.8 Å². The molecule has 1 aromatic heterocycles. The molecule has 0 bridgehead atoms. The molecule has 0 fully saturated rings. The fourth-order valence-corrected chi connectivity index (χ4v) is 2.70. The highest BCUT2D eigenvalue weighted by Gasteiger charge is 2.28. The van der Waals surface area contributed by atoms with E-state index in [0.29, 0.717) is 36.7 Å². The minimum absolute atomic E-state index is 0.124. The molecule has 1 aromatic carbocycles. The lowest BCUT2D eigenvalue weighted by Gasteiger charge is -2.28. The first-order valence-corrected chi connectivity index (χ1v) is 7.04. The van der Waals surface area contributed by atoms with Crippen molar-refractivity contribution in [3.63, 3.8) is 0 Å². The van der Waals surface area contributed by atoms with Gasteiger partial charge < -0.3 is 18.9 Å². The van der Waals surface area contributed by atoms with Crippen LogP contribution in [-0.4, -0.2) is 46.3 Å². The number of methoxy groups -OCH3 is 2. The quantitative estimate of drug-likeness (QED) is 0.853. The van der Waals surface area contributed by atoms with Gasteiger partial charge in [-0.2, -0.15) is 0 Å². The molecule has 7 nitrogen and oxygen atoms in total. The molecule has 7 heteroatoms. The molecule has 0 saturated carbocycles. The highest BCUT2D eigenvalue weighted by atomic mass is 16.5. The zero-order valence-corrected chi connectivity index (χ0v) is 12.9. The number of rotatable bonds is 3. The first-order chi connectivity index (χ1) is 10.7. The maximum atomic E-state index is 12.9. The first-order valence-electron chi connectivity index (χ1n) is 7.04. The molecule has 0 N–H and O–H groups in total. The van der Waals surface area contributed by atoms with Gasteiger partial charge >= 0.3 is 0 Å². The van der Waals surface area contributed by atoms with Crippen molar-refractivity contribution in [1.82, 2.24) is 19.7 Å². The molecule has 116 valence electrons. The molecule has 0 atom stereocenters. The average Bonchev–Trinajstić information content (AvgIpc) is 2.94. The number of aryl methyl sites for hydroxylation is 1. The highest BCUT2D eigenvalue weighted by molar-refractivity contribution is 5.99. The summed E-state index contributed by atoms with van der Waals surface area (Å²) < 4.78 is 12.7. The number of benzene rings is 1. The summed E-state index contributed by atoms with van der Waals surface area (Å²) in [6, 6.07) is 5.31. The van der Waals surface area contributed by atoms with Crippen LogP contribution >= 0.6 is 0 Å². The summed E-state index contributed by atoms with van der Waals surface area (Å²) in [5.41, 5.74) is 0.442. The Balaban J connectivity index is 1.92. The molecule has 2 heterocycles. The molecule has 22 heavy (non-hydrogen) atoms. The SMILES string of the molecule is COc1cccc(OC)c1C(=O)N1CCn2c(C)nnc2C1. The third-order valence-electron chi connectivity index (χ3n) is 3.87. The Morgan fingerprint density at radius 1 is 1.14 bits per heavy atom. The van der Waals surface area contributed by atoms with E-state index in [9.17, 15) is 4.79 Å². The summed E-state index contributed by atoms with van der Waals surface area (Å²) in [5, 5.41) is 8.18. The van der Waals surface area contributed by atoms with Crippen LogP contribution in [0.25, 0.3) is 0 Å². The Bertz CT molecular complexity index is 689. The fourth-order valence-electron chi connectivity index (χ4n) is 2.70. The molecule has 0 aliphatic carbocycles. The first kappa shape index (κ1) is 14.4. The second-order valence-electron chi connectivity index (χ2n) is 5.08. The normalized spacial score (nSPS) is 13.7. The van der Waals surface area contributed by atoms with Crippen LogP contribution in [0.5, 0.6) is 11.5 Å². The van der Waals surface area contributed by atoms with Gasteiger partial charge in [-0.25, -0.2) is 0 Å². The lowest BCUT2D eigenvalue weighted by molar-refractivity contribution is 0.0699. The number of carbonyl (C=O) groups excluding carboxylic acids is 1. The molecule has 0 unspecified atom stereocenters. The van der Waals surface area contributed by atoms with Crippen LogP contribution in [0, 0.1) is 6.92 Å². The van der Waals surface area contributed by atoms with Gasteiger partial charge in [-0.05, 0) is 19.1 Å². The van der Waals surface area contributed by atoms with Gasteiger partial charge in [0.2, 0.25) is 0 Å². The maximum absolute atomic E-state index is 12.9. The molecule has 0 saturated heterocycles. The summed E-state index contributed by atoms with van der Waals surface area (Å²) >= 11 is 0.